The molecule has 25 heavy (non-hydrogen) atoms. The van der Waals surface area contributed by atoms with E-state index in [0.29, 0.717) is 16.1 Å². The number of thiophene rings is 1. The summed E-state index contributed by atoms with van der Waals surface area (Å²) < 4.78 is 18.8. The van der Waals surface area contributed by atoms with E-state index in [1.807, 2.05) is 5.38 Å². The molecule has 0 spiro atoms. The summed E-state index contributed by atoms with van der Waals surface area (Å²) in [5.41, 5.74) is 11.5. The van der Waals surface area contributed by atoms with E-state index in [-0.39, 0.29) is 17.6 Å². The van der Waals surface area contributed by atoms with Crippen molar-refractivity contribution in [2.45, 2.75) is 6.04 Å². The molecule has 9 heteroatoms. The Kier molecular flexibility index (Phi) is 4.48. The number of nitrogens with zero attached hydrogens (tertiary/aromatic N) is 2. The molecule has 0 saturated heterocycles. The van der Waals surface area contributed by atoms with E-state index in [9.17, 15) is 14.3 Å². The summed E-state index contributed by atoms with van der Waals surface area (Å²) in [4.78, 5) is 20.4. The van der Waals surface area contributed by atoms with Crippen LogP contribution in [0.15, 0.2) is 51.2 Å². The molecular weight excluding hydrogens is 347 g/mol. The number of carbonyl (C=O) groups is 1. The first-order chi connectivity index (χ1) is 12.0. The smallest absolute Gasteiger partial charge is 0.336 e. The van der Waals surface area contributed by atoms with Crippen molar-refractivity contribution in [3.8, 4) is 22.0 Å². The van der Waals surface area contributed by atoms with Crippen LogP contribution in [0, 0.1) is 5.82 Å². The van der Waals surface area contributed by atoms with E-state index in [1.165, 1.54) is 35.6 Å². The topological polar surface area (TPSA) is 128 Å². The van der Waals surface area contributed by atoms with Gasteiger partial charge in [-0.1, -0.05) is 6.07 Å². The van der Waals surface area contributed by atoms with Crippen LogP contribution in [0.25, 0.3) is 22.0 Å². The number of guanidine groups is 1. The van der Waals surface area contributed by atoms with Crippen molar-refractivity contribution in [3.05, 3.63) is 53.4 Å². The second-order valence-corrected chi connectivity index (χ2v) is 5.96. The van der Waals surface area contributed by atoms with Gasteiger partial charge < -0.3 is 21.0 Å². The highest BCUT2D eigenvalue weighted by atomic mass is 32.1. The predicted octanol–water partition coefficient (Wildman–Crippen LogP) is 2.61. The number of benzene rings is 1. The number of carboxylic acid groups (broad SMARTS) is 1. The minimum Gasteiger partial charge on any atom is -0.479 e. The lowest BCUT2D eigenvalue weighted by molar-refractivity contribution is -0.138. The molecule has 1 atom stereocenters. The third kappa shape index (κ3) is 3.50. The molecule has 0 bridgehead atoms. The highest BCUT2D eigenvalue weighted by Crippen LogP contribution is 2.36. The van der Waals surface area contributed by atoms with E-state index in [2.05, 4.69) is 9.98 Å². The maximum atomic E-state index is 13.1. The van der Waals surface area contributed by atoms with Crippen LogP contribution in [0.4, 0.5) is 4.39 Å². The summed E-state index contributed by atoms with van der Waals surface area (Å²) in [6.07, 6.45) is 0. The highest BCUT2D eigenvalue weighted by molar-refractivity contribution is 7.13. The number of halogens is 1. The Bertz CT molecular complexity index is 916. The molecule has 0 aliphatic heterocycles. The number of hydrogen-bond donors (Lipinski definition) is 3. The van der Waals surface area contributed by atoms with Crippen LogP contribution >= 0.6 is 11.3 Å². The van der Waals surface area contributed by atoms with Crippen molar-refractivity contribution in [1.82, 2.24) is 4.98 Å². The third-order valence-electron chi connectivity index (χ3n) is 3.26. The number of aliphatic imine (C=N–C) groups is 1. The van der Waals surface area contributed by atoms with Gasteiger partial charge in [-0.25, -0.2) is 19.2 Å². The number of hydrogen-bond acceptors (Lipinski definition) is 5. The van der Waals surface area contributed by atoms with Gasteiger partial charge in [-0.3, -0.25) is 0 Å². The van der Waals surface area contributed by atoms with Gasteiger partial charge in [0, 0.05) is 5.56 Å². The molecule has 1 unspecified atom stereocenters. The Labute approximate surface area is 145 Å². The number of carboxylic acids is 1. The van der Waals surface area contributed by atoms with E-state index in [1.54, 1.807) is 12.1 Å². The average molecular weight is 360 g/mol. The normalized spacial score (nSPS) is 11.9. The molecule has 0 aliphatic carbocycles. The molecule has 3 rings (SSSR count). The van der Waals surface area contributed by atoms with Crippen LogP contribution in [0.1, 0.15) is 11.8 Å². The monoisotopic (exact) mass is 360 g/mol. The maximum absolute atomic E-state index is 13.1. The van der Waals surface area contributed by atoms with E-state index in [4.69, 9.17) is 15.9 Å². The fraction of sp³-hybridized carbons (Fsp3) is 0.0625. The maximum Gasteiger partial charge on any atom is 0.336 e. The van der Waals surface area contributed by atoms with Crippen molar-refractivity contribution in [2.24, 2.45) is 16.5 Å². The number of aromatic nitrogens is 1. The highest BCUT2D eigenvalue weighted by Gasteiger charge is 2.30. The number of oxazole rings is 1. The average Bonchev–Trinajstić information content (AvgIpc) is 3.22. The minimum atomic E-state index is -1.44. The summed E-state index contributed by atoms with van der Waals surface area (Å²) in [5.74, 6) is -1.92. The molecule has 2 heterocycles. The minimum absolute atomic E-state index is 0.00248. The SMILES string of the molecule is NC(N)=NC(C(=O)O)c1oc(-c2ccc(F)cc2)nc1-c1cccs1. The van der Waals surface area contributed by atoms with Crippen LogP contribution in [0.2, 0.25) is 0 Å². The molecule has 3 aromatic rings. The fourth-order valence-electron chi connectivity index (χ4n) is 2.20. The lowest BCUT2D eigenvalue weighted by atomic mass is 10.1. The van der Waals surface area contributed by atoms with Crippen molar-refractivity contribution >= 4 is 23.3 Å². The number of aliphatic carboxylic acids is 1. The molecule has 1 aromatic carbocycles. The second-order valence-electron chi connectivity index (χ2n) is 5.01. The summed E-state index contributed by atoms with van der Waals surface area (Å²) in [7, 11) is 0. The van der Waals surface area contributed by atoms with Crippen LogP contribution < -0.4 is 11.5 Å². The molecule has 2 aromatic heterocycles. The molecule has 7 nitrogen and oxygen atoms in total. The zero-order valence-electron chi connectivity index (χ0n) is 12.7. The molecule has 0 saturated carbocycles. The van der Waals surface area contributed by atoms with Crippen molar-refractivity contribution in [3.63, 3.8) is 0 Å². The van der Waals surface area contributed by atoms with Gasteiger partial charge in [0.15, 0.2) is 11.7 Å². The molecule has 5 N–H and O–H groups in total. The van der Waals surface area contributed by atoms with Gasteiger partial charge in [-0.15, -0.1) is 11.3 Å². The van der Waals surface area contributed by atoms with Crippen LogP contribution in [-0.4, -0.2) is 22.0 Å². The second kappa shape index (κ2) is 6.73. The zero-order chi connectivity index (χ0) is 18.0. The number of nitrogens with two attached hydrogens (primary N) is 2. The Morgan fingerprint density at radius 1 is 1.28 bits per heavy atom. The fourth-order valence-corrected chi connectivity index (χ4v) is 2.92. The van der Waals surface area contributed by atoms with Gasteiger partial charge in [0.05, 0.1) is 4.88 Å². The van der Waals surface area contributed by atoms with Crippen LogP contribution in [0.5, 0.6) is 0 Å². The van der Waals surface area contributed by atoms with Gasteiger partial charge >= 0.3 is 5.97 Å². The van der Waals surface area contributed by atoms with E-state index in [0.717, 1.165) is 0 Å². The Morgan fingerprint density at radius 2 is 2.00 bits per heavy atom. The third-order valence-corrected chi connectivity index (χ3v) is 4.14. The molecular formula is C16H13FN4O3S. The Hall–Kier alpha value is -3.20. The number of rotatable bonds is 5. The Morgan fingerprint density at radius 3 is 2.56 bits per heavy atom. The summed E-state index contributed by atoms with van der Waals surface area (Å²) in [5, 5.41) is 11.3. The molecule has 0 amide bonds. The van der Waals surface area contributed by atoms with Crippen LogP contribution in [0.3, 0.4) is 0 Å². The summed E-state index contributed by atoms with van der Waals surface area (Å²) in [6, 6.07) is 7.62. The largest absolute Gasteiger partial charge is 0.479 e. The summed E-state index contributed by atoms with van der Waals surface area (Å²) in [6.45, 7) is 0. The quantitative estimate of drug-likeness (QED) is 0.474. The predicted molar refractivity (Wildman–Crippen MR) is 91.4 cm³/mol. The van der Waals surface area contributed by atoms with Gasteiger partial charge in [-0.05, 0) is 35.7 Å². The van der Waals surface area contributed by atoms with Gasteiger partial charge in [0.1, 0.15) is 11.5 Å². The van der Waals surface area contributed by atoms with Crippen LogP contribution in [-0.2, 0) is 4.79 Å². The first-order valence-corrected chi connectivity index (χ1v) is 7.95. The zero-order valence-corrected chi connectivity index (χ0v) is 13.5. The van der Waals surface area contributed by atoms with Gasteiger partial charge in [-0.2, -0.15) is 0 Å². The molecule has 0 radical (unpaired) electrons. The first-order valence-electron chi connectivity index (χ1n) is 7.08. The Balaban J connectivity index is 2.17. The van der Waals surface area contributed by atoms with Gasteiger partial charge in [0.25, 0.3) is 0 Å². The standard InChI is InChI=1S/C16H13FN4O3S/c17-9-5-3-8(4-6-9)14-20-11(10-2-1-7-25-10)13(24-14)12(15(22)23)21-16(18)19/h1-7,12H,(H,22,23)(H4,18,19,21). The van der Waals surface area contributed by atoms with Gasteiger partial charge in [0.2, 0.25) is 11.9 Å². The van der Waals surface area contributed by atoms with Crippen molar-refractivity contribution < 1.29 is 18.7 Å². The first kappa shape index (κ1) is 16.7. The molecule has 0 fully saturated rings. The van der Waals surface area contributed by atoms with Crippen molar-refractivity contribution in [2.75, 3.05) is 0 Å². The lowest BCUT2D eigenvalue weighted by Crippen LogP contribution is -2.25. The summed E-state index contributed by atoms with van der Waals surface area (Å²) >= 11 is 1.36. The molecule has 0 aliphatic rings. The van der Waals surface area contributed by atoms with Crippen molar-refractivity contribution in [1.29, 1.82) is 0 Å². The van der Waals surface area contributed by atoms with E-state index >= 15 is 0 Å². The van der Waals surface area contributed by atoms with E-state index < -0.39 is 17.8 Å². The molecule has 128 valence electrons. The lowest BCUT2D eigenvalue weighted by Gasteiger charge is -2.06.